The summed E-state index contributed by atoms with van der Waals surface area (Å²) in [6, 6.07) is 6.87. The highest BCUT2D eigenvalue weighted by molar-refractivity contribution is 6.35. The number of H-pyrrole nitrogens is 1. The number of fused-ring (bicyclic) bond motifs is 1. The van der Waals surface area contributed by atoms with Gasteiger partial charge in [0.25, 0.3) is 11.7 Å². The average molecular weight is 565 g/mol. The second-order valence-electron chi connectivity index (χ2n) is 12.2. The van der Waals surface area contributed by atoms with Crippen LogP contribution < -0.4 is 16.0 Å². The summed E-state index contributed by atoms with van der Waals surface area (Å²) in [6.07, 6.45) is 10.8. The third-order valence-electron chi connectivity index (χ3n) is 9.26. The SMILES string of the molecule is O=C(O)C(=O)C(CC1CC2(CCCCC2)NC1=O)NC(=O)[C@H](CC1CCCCC1)NC(=O)c1cc2ccccc2[nH]1. The average Bonchev–Trinajstić information content (AvgIpc) is 3.53. The molecule has 1 aromatic carbocycles. The second kappa shape index (κ2) is 12.4. The van der Waals surface area contributed by atoms with Crippen molar-refractivity contribution in [3.05, 3.63) is 36.0 Å². The maximum atomic E-state index is 13.7. The molecule has 3 fully saturated rings. The van der Waals surface area contributed by atoms with E-state index in [4.69, 9.17) is 0 Å². The van der Waals surface area contributed by atoms with Gasteiger partial charge in [0.15, 0.2) is 0 Å². The van der Waals surface area contributed by atoms with E-state index in [0.29, 0.717) is 18.5 Å². The second-order valence-corrected chi connectivity index (χ2v) is 12.2. The summed E-state index contributed by atoms with van der Waals surface area (Å²) in [6.45, 7) is 0. The van der Waals surface area contributed by atoms with Crippen LogP contribution >= 0.6 is 0 Å². The fourth-order valence-corrected chi connectivity index (χ4v) is 7.08. The van der Waals surface area contributed by atoms with Gasteiger partial charge in [-0.05, 0) is 50.2 Å². The van der Waals surface area contributed by atoms with Crippen LogP contribution in [0.5, 0.6) is 0 Å². The van der Waals surface area contributed by atoms with Crippen molar-refractivity contribution >= 4 is 40.4 Å². The zero-order valence-corrected chi connectivity index (χ0v) is 23.4. The Bertz CT molecular complexity index is 1270. The first-order valence-corrected chi connectivity index (χ1v) is 15.0. The number of carboxylic acid groups (broad SMARTS) is 1. The van der Waals surface area contributed by atoms with Gasteiger partial charge >= 0.3 is 5.97 Å². The van der Waals surface area contributed by atoms with Crippen molar-refractivity contribution in [2.24, 2.45) is 11.8 Å². The Labute approximate surface area is 239 Å². The van der Waals surface area contributed by atoms with Crippen LogP contribution in [0.25, 0.3) is 10.9 Å². The van der Waals surface area contributed by atoms with Gasteiger partial charge in [-0.3, -0.25) is 19.2 Å². The van der Waals surface area contributed by atoms with E-state index in [1.807, 2.05) is 24.3 Å². The molecule has 5 rings (SSSR count). The molecule has 0 radical (unpaired) electrons. The number of carbonyl (C=O) groups excluding carboxylic acids is 4. The number of hydrogen-bond donors (Lipinski definition) is 5. The molecule has 2 saturated carbocycles. The van der Waals surface area contributed by atoms with Gasteiger partial charge in [-0.2, -0.15) is 0 Å². The van der Waals surface area contributed by atoms with Crippen molar-refractivity contribution < 1.29 is 29.1 Å². The fourth-order valence-electron chi connectivity index (χ4n) is 7.08. The lowest BCUT2D eigenvalue weighted by Crippen LogP contribution is -2.54. The molecule has 2 unspecified atom stereocenters. The highest BCUT2D eigenvalue weighted by Crippen LogP contribution is 2.39. The number of aliphatic carboxylic acids is 1. The van der Waals surface area contributed by atoms with Crippen LogP contribution in [0.2, 0.25) is 0 Å². The molecule has 5 N–H and O–H groups in total. The fraction of sp³-hybridized carbons (Fsp3) is 0.581. The van der Waals surface area contributed by atoms with Gasteiger partial charge < -0.3 is 26.0 Å². The molecule has 10 heteroatoms. The van der Waals surface area contributed by atoms with E-state index < -0.39 is 41.6 Å². The Hall–Kier alpha value is -3.69. The molecule has 1 aromatic heterocycles. The normalized spacial score (nSPS) is 22.1. The molecule has 3 aliphatic rings. The zero-order chi connectivity index (χ0) is 29.0. The number of aromatic amines is 1. The summed E-state index contributed by atoms with van der Waals surface area (Å²) < 4.78 is 0. The number of carboxylic acids is 1. The third-order valence-corrected chi connectivity index (χ3v) is 9.26. The van der Waals surface area contributed by atoms with E-state index >= 15 is 0 Å². The van der Waals surface area contributed by atoms with E-state index in [1.54, 1.807) is 6.07 Å². The number of hydrogen-bond acceptors (Lipinski definition) is 5. The Morgan fingerprint density at radius 1 is 0.927 bits per heavy atom. The van der Waals surface area contributed by atoms with Crippen LogP contribution in [0.1, 0.15) is 94.0 Å². The number of amides is 3. The van der Waals surface area contributed by atoms with Crippen LogP contribution in [0.15, 0.2) is 30.3 Å². The van der Waals surface area contributed by atoms with E-state index in [9.17, 15) is 29.1 Å². The molecule has 41 heavy (non-hydrogen) atoms. The maximum Gasteiger partial charge on any atom is 0.374 e. The summed E-state index contributed by atoms with van der Waals surface area (Å²) >= 11 is 0. The third kappa shape index (κ3) is 6.80. The van der Waals surface area contributed by atoms with Crippen LogP contribution in [0, 0.1) is 11.8 Å². The van der Waals surface area contributed by atoms with E-state index in [0.717, 1.165) is 75.1 Å². The Kier molecular flexibility index (Phi) is 8.75. The molecule has 2 heterocycles. The molecule has 10 nitrogen and oxygen atoms in total. The predicted octanol–water partition coefficient (Wildman–Crippen LogP) is 3.60. The molecule has 1 spiro atoms. The first kappa shape index (κ1) is 28.8. The molecule has 3 atom stereocenters. The van der Waals surface area contributed by atoms with Gasteiger partial charge in [-0.1, -0.05) is 69.6 Å². The van der Waals surface area contributed by atoms with Crippen molar-refractivity contribution in [2.45, 2.75) is 101 Å². The minimum Gasteiger partial charge on any atom is -0.475 e. The Morgan fingerprint density at radius 3 is 2.34 bits per heavy atom. The molecule has 2 aromatic rings. The van der Waals surface area contributed by atoms with Crippen molar-refractivity contribution in [2.75, 3.05) is 0 Å². The van der Waals surface area contributed by atoms with Crippen LogP contribution in [0.4, 0.5) is 0 Å². The van der Waals surface area contributed by atoms with E-state index in [-0.39, 0.29) is 23.8 Å². The lowest BCUT2D eigenvalue weighted by molar-refractivity contribution is -0.151. The van der Waals surface area contributed by atoms with Gasteiger partial charge in [-0.15, -0.1) is 0 Å². The monoisotopic (exact) mass is 564 g/mol. The first-order valence-electron chi connectivity index (χ1n) is 15.0. The number of ketones is 1. The number of Topliss-reactive ketones (excluding diaryl/α,β-unsaturated/α-hetero) is 1. The lowest BCUT2D eigenvalue weighted by atomic mass is 9.78. The lowest BCUT2D eigenvalue weighted by Gasteiger charge is -2.33. The van der Waals surface area contributed by atoms with Crippen molar-refractivity contribution in [3.63, 3.8) is 0 Å². The number of carbonyl (C=O) groups is 5. The smallest absolute Gasteiger partial charge is 0.374 e. The van der Waals surface area contributed by atoms with Gasteiger partial charge in [0.2, 0.25) is 11.8 Å². The molecular formula is C31H40N4O6. The van der Waals surface area contributed by atoms with Gasteiger partial charge in [-0.25, -0.2) is 4.79 Å². The molecule has 220 valence electrons. The highest BCUT2D eigenvalue weighted by atomic mass is 16.4. The minimum absolute atomic E-state index is 0.0867. The summed E-state index contributed by atoms with van der Waals surface area (Å²) in [7, 11) is 0. The summed E-state index contributed by atoms with van der Waals surface area (Å²) in [5.41, 5.74) is 0.799. The van der Waals surface area contributed by atoms with Crippen molar-refractivity contribution in [1.82, 2.24) is 20.9 Å². The number of aromatic nitrogens is 1. The number of para-hydroxylation sites is 1. The molecule has 3 amide bonds. The van der Waals surface area contributed by atoms with Gasteiger partial charge in [0.1, 0.15) is 11.7 Å². The maximum absolute atomic E-state index is 13.7. The standard InChI is InChI=1S/C31H40N4O6/c36-26(30(40)41)23(17-21-18-31(35-27(21)37)13-7-2-8-14-31)33-28(38)24(15-19-9-3-1-4-10-19)34-29(39)25-16-20-11-5-6-12-22(20)32-25/h5-6,11-12,16,19,21,23-24,32H,1-4,7-10,13-15,17-18H2,(H,33,38)(H,34,39)(H,35,37)(H,40,41)/t21?,23?,24-/m0/s1. The number of nitrogens with one attached hydrogen (secondary N) is 4. The molecule has 0 bridgehead atoms. The van der Waals surface area contributed by atoms with E-state index in [1.165, 1.54) is 0 Å². The van der Waals surface area contributed by atoms with Gasteiger partial charge in [0, 0.05) is 22.4 Å². The van der Waals surface area contributed by atoms with Crippen LogP contribution in [-0.2, 0) is 19.2 Å². The zero-order valence-electron chi connectivity index (χ0n) is 23.4. The largest absolute Gasteiger partial charge is 0.475 e. The highest BCUT2D eigenvalue weighted by Gasteiger charge is 2.46. The summed E-state index contributed by atoms with van der Waals surface area (Å²) in [4.78, 5) is 67.4. The number of rotatable bonds is 10. The van der Waals surface area contributed by atoms with Gasteiger partial charge in [0.05, 0.1) is 6.04 Å². The number of benzene rings is 1. The van der Waals surface area contributed by atoms with Crippen LogP contribution in [0.3, 0.4) is 0 Å². The minimum atomic E-state index is -1.66. The van der Waals surface area contributed by atoms with Crippen molar-refractivity contribution in [1.29, 1.82) is 0 Å². The molecule has 2 aliphatic carbocycles. The van der Waals surface area contributed by atoms with Crippen LogP contribution in [-0.4, -0.2) is 57.2 Å². The molecule has 1 saturated heterocycles. The Balaban J connectivity index is 1.32. The summed E-state index contributed by atoms with van der Waals surface area (Å²) in [5, 5.41) is 19.0. The van der Waals surface area contributed by atoms with Crippen molar-refractivity contribution in [3.8, 4) is 0 Å². The first-order chi connectivity index (χ1) is 19.7. The quantitative estimate of drug-likeness (QED) is 0.278. The predicted molar refractivity (Wildman–Crippen MR) is 152 cm³/mol. The summed E-state index contributed by atoms with van der Waals surface area (Å²) in [5.74, 6) is -4.42. The Morgan fingerprint density at radius 2 is 1.63 bits per heavy atom. The van der Waals surface area contributed by atoms with E-state index in [2.05, 4.69) is 20.9 Å². The molecule has 1 aliphatic heterocycles. The molecular weight excluding hydrogens is 524 g/mol. The topological polar surface area (TPSA) is 157 Å².